The van der Waals surface area contributed by atoms with E-state index in [1.807, 2.05) is 18.3 Å². The number of pyridine rings is 1. The van der Waals surface area contributed by atoms with Crippen LogP contribution < -0.4 is 5.73 Å². The van der Waals surface area contributed by atoms with Crippen molar-refractivity contribution in [1.82, 2.24) is 9.88 Å². The molecule has 0 bridgehead atoms. The summed E-state index contributed by atoms with van der Waals surface area (Å²) in [5.41, 5.74) is 7.75. The maximum atomic E-state index is 6.47. The molecule has 1 aliphatic rings. The highest BCUT2D eigenvalue weighted by atomic mass is 15.2. The fourth-order valence-electron chi connectivity index (χ4n) is 3.07. The molecule has 1 fully saturated rings. The van der Waals surface area contributed by atoms with Crippen LogP contribution in [0.3, 0.4) is 0 Å². The number of nitrogens with zero attached hydrogens (tertiary/aromatic N) is 2. The van der Waals surface area contributed by atoms with Gasteiger partial charge in [-0.05, 0) is 39.1 Å². The van der Waals surface area contributed by atoms with Crippen LogP contribution in [0.2, 0.25) is 0 Å². The summed E-state index contributed by atoms with van der Waals surface area (Å²) in [5.74, 6) is 0. The minimum atomic E-state index is 0.176. The van der Waals surface area contributed by atoms with Gasteiger partial charge in [-0.1, -0.05) is 18.9 Å². The van der Waals surface area contributed by atoms with Crippen molar-refractivity contribution in [2.45, 2.75) is 43.7 Å². The van der Waals surface area contributed by atoms with Crippen LogP contribution >= 0.6 is 0 Å². The molecule has 0 aliphatic heterocycles. The summed E-state index contributed by atoms with van der Waals surface area (Å²) in [7, 11) is 4.31. The van der Waals surface area contributed by atoms with Gasteiger partial charge in [-0.3, -0.25) is 4.98 Å². The van der Waals surface area contributed by atoms with E-state index in [1.54, 1.807) is 0 Å². The van der Waals surface area contributed by atoms with E-state index in [4.69, 9.17) is 5.73 Å². The lowest BCUT2D eigenvalue weighted by molar-refractivity contribution is 0.122. The minimum Gasteiger partial charge on any atom is -0.326 e. The van der Waals surface area contributed by atoms with E-state index in [0.29, 0.717) is 0 Å². The second kappa shape index (κ2) is 5.15. The number of likely N-dealkylation sites (N-methyl/N-ethyl adjacent to an activating group) is 1. The molecule has 1 aromatic rings. The van der Waals surface area contributed by atoms with E-state index in [9.17, 15) is 0 Å². The molecule has 2 N–H and O–H groups in total. The third-order valence-corrected chi connectivity index (χ3v) is 4.21. The van der Waals surface area contributed by atoms with Crippen molar-refractivity contribution in [1.29, 1.82) is 0 Å². The smallest absolute Gasteiger partial charge is 0.0419 e. The van der Waals surface area contributed by atoms with Gasteiger partial charge in [0, 0.05) is 29.9 Å². The first-order chi connectivity index (χ1) is 8.15. The summed E-state index contributed by atoms with van der Waals surface area (Å²) < 4.78 is 0. The van der Waals surface area contributed by atoms with Gasteiger partial charge in [0.1, 0.15) is 0 Å². The van der Waals surface area contributed by atoms with E-state index in [2.05, 4.69) is 30.0 Å². The van der Waals surface area contributed by atoms with Crippen LogP contribution in [-0.2, 0) is 6.42 Å². The Morgan fingerprint density at radius 3 is 2.59 bits per heavy atom. The molecule has 0 aromatic carbocycles. The molecule has 0 amide bonds. The Kier molecular flexibility index (Phi) is 3.79. The zero-order valence-electron chi connectivity index (χ0n) is 10.9. The van der Waals surface area contributed by atoms with Gasteiger partial charge in [0.25, 0.3) is 0 Å². The van der Waals surface area contributed by atoms with Crippen molar-refractivity contribution in [2.75, 3.05) is 14.1 Å². The van der Waals surface area contributed by atoms with Crippen molar-refractivity contribution in [3.63, 3.8) is 0 Å². The maximum Gasteiger partial charge on any atom is 0.0419 e. The summed E-state index contributed by atoms with van der Waals surface area (Å²) in [5, 5.41) is 0. The number of aromatic nitrogens is 1. The summed E-state index contributed by atoms with van der Waals surface area (Å²) in [6.07, 6.45) is 7.75. The van der Waals surface area contributed by atoms with Gasteiger partial charge < -0.3 is 10.6 Å². The van der Waals surface area contributed by atoms with Gasteiger partial charge in [0.15, 0.2) is 0 Å². The first-order valence-electron chi connectivity index (χ1n) is 6.48. The highest BCUT2D eigenvalue weighted by Gasteiger charge is 2.41. The van der Waals surface area contributed by atoms with Crippen molar-refractivity contribution < 1.29 is 0 Å². The van der Waals surface area contributed by atoms with Gasteiger partial charge in [-0.15, -0.1) is 0 Å². The van der Waals surface area contributed by atoms with Crippen LogP contribution in [0, 0.1) is 0 Å². The lowest BCUT2D eigenvalue weighted by Crippen LogP contribution is -2.56. The molecule has 0 radical (unpaired) electrons. The topological polar surface area (TPSA) is 42.1 Å². The van der Waals surface area contributed by atoms with Gasteiger partial charge in [0.05, 0.1) is 0 Å². The Morgan fingerprint density at radius 2 is 2.06 bits per heavy atom. The predicted octanol–water partition coefficient (Wildman–Crippen LogP) is 1.83. The number of hydrogen-bond acceptors (Lipinski definition) is 3. The third-order valence-electron chi connectivity index (χ3n) is 4.21. The molecule has 94 valence electrons. The van der Waals surface area contributed by atoms with Crippen LogP contribution in [0.15, 0.2) is 24.4 Å². The number of rotatable bonds is 4. The molecule has 0 saturated heterocycles. The molecular formula is C14H23N3. The van der Waals surface area contributed by atoms with Crippen molar-refractivity contribution in [3.8, 4) is 0 Å². The highest BCUT2D eigenvalue weighted by Crippen LogP contribution is 2.36. The highest BCUT2D eigenvalue weighted by molar-refractivity contribution is 5.10. The Labute approximate surface area is 104 Å². The van der Waals surface area contributed by atoms with Gasteiger partial charge in [-0.2, -0.15) is 0 Å². The number of hydrogen-bond donors (Lipinski definition) is 1. The van der Waals surface area contributed by atoms with E-state index in [-0.39, 0.29) is 11.6 Å². The monoisotopic (exact) mass is 233 g/mol. The molecule has 1 aliphatic carbocycles. The second-order valence-electron chi connectivity index (χ2n) is 5.34. The molecule has 1 aromatic heterocycles. The first-order valence-corrected chi connectivity index (χ1v) is 6.48. The minimum absolute atomic E-state index is 0.176. The fraction of sp³-hybridized carbons (Fsp3) is 0.643. The molecule has 3 nitrogen and oxygen atoms in total. The quantitative estimate of drug-likeness (QED) is 0.862. The molecule has 0 spiro atoms. The Hall–Kier alpha value is -0.930. The van der Waals surface area contributed by atoms with Gasteiger partial charge >= 0.3 is 0 Å². The van der Waals surface area contributed by atoms with E-state index < -0.39 is 0 Å². The Morgan fingerprint density at radius 1 is 1.35 bits per heavy atom. The molecule has 1 saturated carbocycles. The zero-order chi connectivity index (χ0) is 12.3. The fourth-order valence-corrected chi connectivity index (χ4v) is 3.07. The van der Waals surface area contributed by atoms with Crippen LogP contribution in [0.4, 0.5) is 0 Å². The summed E-state index contributed by atoms with van der Waals surface area (Å²) in [6, 6.07) is 6.23. The maximum absolute atomic E-state index is 6.47. The largest absolute Gasteiger partial charge is 0.326 e. The van der Waals surface area contributed by atoms with Crippen LogP contribution in [0.5, 0.6) is 0 Å². The summed E-state index contributed by atoms with van der Waals surface area (Å²) >= 11 is 0. The molecule has 1 atom stereocenters. The van der Waals surface area contributed by atoms with E-state index >= 15 is 0 Å². The van der Waals surface area contributed by atoms with Gasteiger partial charge in [-0.25, -0.2) is 0 Å². The van der Waals surface area contributed by atoms with Crippen molar-refractivity contribution >= 4 is 0 Å². The van der Waals surface area contributed by atoms with E-state index in [1.165, 1.54) is 25.7 Å². The molecule has 3 heteroatoms. The predicted molar refractivity (Wildman–Crippen MR) is 70.8 cm³/mol. The van der Waals surface area contributed by atoms with Crippen molar-refractivity contribution in [2.24, 2.45) is 5.73 Å². The van der Waals surface area contributed by atoms with Crippen molar-refractivity contribution in [3.05, 3.63) is 30.1 Å². The Bertz CT molecular complexity index is 342. The lowest BCUT2D eigenvalue weighted by atomic mass is 9.84. The zero-order valence-corrected chi connectivity index (χ0v) is 10.9. The Balaban J connectivity index is 2.10. The van der Waals surface area contributed by atoms with Crippen LogP contribution in [0.1, 0.15) is 31.4 Å². The number of nitrogens with two attached hydrogens (primary N) is 1. The normalized spacial score (nSPS) is 20.7. The lowest BCUT2D eigenvalue weighted by Gasteiger charge is -2.41. The first kappa shape index (κ1) is 12.5. The third kappa shape index (κ3) is 2.50. The van der Waals surface area contributed by atoms with Crippen LogP contribution in [0.25, 0.3) is 0 Å². The molecule has 2 rings (SSSR count). The second-order valence-corrected chi connectivity index (χ2v) is 5.34. The molecule has 1 heterocycles. The van der Waals surface area contributed by atoms with E-state index in [0.717, 1.165) is 12.1 Å². The molecule has 1 unspecified atom stereocenters. The average molecular weight is 233 g/mol. The summed E-state index contributed by atoms with van der Waals surface area (Å²) in [6.45, 7) is 0. The average Bonchev–Trinajstić information content (AvgIpc) is 2.80. The summed E-state index contributed by atoms with van der Waals surface area (Å²) in [4.78, 5) is 6.71. The van der Waals surface area contributed by atoms with Gasteiger partial charge in [0.2, 0.25) is 0 Å². The molecular weight excluding hydrogens is 210 g/mol. The van der Waals surface area contributed by atoms with Crippen LogP contribution in [-0.4, -0.2) is 35.6 Å². The molecule has 17 heavy (non-hydrogen) atoms. The standard InChI is InChI=1S/C14H23N3/c1-17(2)14(8-4-5-9-14)13(15)11-12-7-3-6-10-16-12/h3,6-7,10,13H,4-5,8-9,11,15H2,1-2H3. The SMILES string of the molecule is CN(C)C1(C(N)Cc2ccccn2)CCCC1.